The van der Waals surface area contributed by atoms with Crippen molar-refractivity contribution in [3.63, 3.8) is 0 Å². The summed E-state index contributed by atoms with van der Waals surface area (Å²) in [6.07, 6.45) is 0.580. The summed E-state index contributed by atoms with van der Waals surface area (Å²) in [6.45, 7) is 8.01. The van der Waals surface area contributed by atoms with Crippen LogP contribution in [0.1, 0.15) is 34.1 Å². The van der Waals surface area contributed by atoms with Crippen LogP contribution >= 0.6 is 0 Å². The molecular formula is C8H17N3O. The molecule has 0 amide bonds. The van der Waals surface area contributed by atoms with E-state index in [0.717, 1.165) is 6.42 Å². The highest BCUT2D eigenvalue weighted by Crippen LogP contribution is 2.11. The number of nitrogens with zero attached hydrogens (tertiary/aromatic N) is 3. The van der Waals surface area contributed by atoms with Crippen LogP contribution in [-0.4, -0.2) is 12.3 Å². The highest BCUT2D eigenvalue weighted by molar-refractivity contribution is 4.60. The van der Waals surface area contributed by atoms with Crippen molar-refractivity contribution in [2.45, 2.75) is 46.4 Å². The van der Waals surface area contributed by atoms with E-state index in [1.165, 1.54) is 0 Å². The largest absolute Gasteiger partial charge is 0.370 e. The van der Waals surface area contributed by atoms with E-state index >= 15 is 0 Å². The summed E-state index contributed by atoms with van der Waals surface area (Å²) >= 11 is 0. The fourth-order valence-electron chi connectivity index (χ4n) is 0.905. The van der Waals surface area contributed by atoms with E-state index in [1.54, 1.807) is 0 Å². The molecule has 4 nitrogen and oxygen atoms in total. The van der Waals surface area contributed by atoms with Gasteiger partial charge in [-0.2, -0.15) is 0 Å². The van der Waals surface area contributed by atoms with Gasteiger partial charge in [0, 0.05) is 4.91 Å². The average molecular weight is 171 g/mol. The van der Waals surface area contributed by atoms with Crippen molar-refractivity contribution in [1.29, 1.82) is 0 Å². The molecule has 4 heteroatoms. The average Bonchev–Trinajstić information content (AvgIpc) is 1.84. The van der Waals surface area contributed by atoms with Crippen molar-refractivity contribution in [3.8, 4) is 0 Å². The molecule has 0 saturated heterocycles. The minimum absolute atomic E-state index is 0.110. The Morgan fingerprint density at radius 3 is 2.25 bits per heavy atom. The van der Waals surface area contributed by atoms with Crippen molar-refractivity contribution >= 4 is 0 Å². The van der Waals surface area contributed by atoms with Crippen LogP contribution in [0.3, 0.4) is 0 Å². The lowest BCUT2D eigenvalue weighted by Gasteiger charge is -2.16. The smallest absolute Gasteiger partial charge is 0.137 e. The minimum Gasteiger partial charge on any atom is -0.370 e. The molecule has 0 saturated carbocycles. The van der Waals surface area contributed by atoms with Gasteiger partial charge in [0.05, 0.1) is 6.10 Å². The molecule has 0 aliphatic carbocycles. The van der Waals surface area contributed by atoms with Crippen LogP contribution in [0.2, 0.25) is 0 Å². The Kier molecular flexibility index (Phi) is 5.51. The predicted octanol–water partition coefficient (Wildman–Crippen LogP) is 3.09. The third-order valence-corrected chi connectivity index (χ3v) is 1.28. The maximum atomic E-state index is 8.24. The third-order valence-electron chi connectivity index (χ3n) is 1.28. The maximum absolute atomic E-state index is 8.24. The van der Waals surface area contributed by atoms with Gasteiger partial charge in [0.2, 0.25) is 0 Å². The van der Waals surface area contributed by atoms with Gasteiger partial charge in [-0.15, -0.1) is 0 Å². The van der Waals surface area contributed by atoms with Gasteiger partial charge in [-0.1, -0.05) is 19.0 Å². The Morgan fingerprint density at radius 2 is 1.92 bits per heavy atom. The zero-order valence-electron chi connectivity index (χ0n) is 8.19. The molecule has 1 unspecified atom stereocenters. The summed E-state index contributed by atoms with van der Waals surface area (Å²) in [6, 6.07) is 0. The van der Waals surface area contributed by atoms with E-state index in [-0.39, 0.29) is 12.3 Å². The summed E-state index contributed by atoms with van der Waals surface area (Å²) < 4.78 is 5.38. The fourth-order valence-corrected chi connectivity index (χ4v) is 0.905. The zero-order chi connectivity index (χ0) is 9.56. The molecular weight excluding hydrogens is 154 g/mol. The number of hydrogen-bond donors (Lipinski definition) is 0. The molecule has 0 radical (unpaired) electrons. The molecule has 0 aromatic rings. The number of hydrogen-bond acceptors (Lipinski definition) is 2. The van der Waals surface area contributed by atoms with E-state index in [1.807, 2.05) is 13.8 Å². The summed E-state index contributed by atoms with van der Waals surface area (Å²) in [5.74, 6) is 0.485. The standard InChI is InChI=1S/C8H17N3O/c1-6(2)5-8(10-11-9)12-7(3)4/h6-8H,5H2,1-4H3. The molecule has 0 aromatic carbocycles. The molecule has 0 heterocycles. The third kappa shape index (κ3) is 6.01. The van der Waals surface area contributed by atoms with Crippen molar-refractivity contribution < 1.29 is 4.74 Å². The van der Waals surface area contributed by atoms with Gasteiger partial charge >= 0.3 is 0 Å². The topological polar surface area (TPSA) is 58.0 Å². The second-order valence-corrected chi connectivity index (χ2v) is 3.47. The van der Waals surface area contributed by atoms with Crippen LogP contribution in [0.5, 0.6) is 0 Å². The number of ether oxygens (including phenoxy) is 1. The van der Waals surface area contributed by atoms with Crippen LogP contribution in [-0.2, 0) is 4.74 Å². The van der Waals surface area contributed by atoms with Gasteiger partial charge in [-0.25, -0.2) is 0 Å². The summed E-state index contributed by atoms with van der Waals surface area (Å²) in [7, 11) is 0. The molecule has 0 aliphatic heterocycles. The van der Waals surface area contributed by atoms with Gasteiger partial charge in [0.25, 0.3) is 0 Å². The molecule has 0 N–H and O–H groups in total. The Balaban J connectivity index is 3.95. The first kappa shape index (κ1) is 11.3. The van der Waals surface area contributed by atoms with Gasteiger partial charge in [-0.3, -0.25) is 0 Å². The lowest BCUT2D eigenvalue weighted by Crippen LogP contribution is -2.17. The second-order valence-electron chi connectivity index (χ2n) is 3.47. The summed E-state index contributed by atoms with van der Waals surface area (Å²) in [4.78, 5) is 2.74. The Hall–Kier alpha value is -0.730. The van der Waals surface area contributed by atoms with E-state index in [9.17, 15) is 0 Å². The van der Waals surface area contributed by atoms with Crippen molar-refractivity contribution in [2.75, 3.05) is 0 Å². The van der Waals surface area contributed by atoms with Gasteiger partial charge < -0.3 is 4.74 Å². The first-order valence-electron chi connectivity index (χ1n) is 4.26. The van der Waals surface area contributed by atoms with Crippen molar-refractivity contribution in [3.05, 3.63) is 10.4 Å². The molecule has 0 aliphatic rings. The second kappa shape index (κ2) is 5.86. The molecule has 0 rings (SSSR count). The SMILES string of the molecule is CC(C)CC(N=[N+]=[N-])OC(C)C. The van der Waals surface area contributed by atoms with Crippen LogP contribution < -0.4 is 0 Å². The number of azide groups is 1. The van der Waals surface area contributed by atoms with Crippen LogP contribution in [0, 0.1) is 5.92 Å². The predicted molar refractivity (Wildman–Crippen MR) is 48.6 cm³/mol. The van der Waals surface area contributed by atoms with E-state index < -0.39 is 0 Å². The Bertz CT molecular complexity index is 152. The number of rotatable bonds is 5. The van der Waals surface area contributed by atoms with Crippen LogP contribution in [0.4, 0.5) is 0 Å². The normalized spacial score (nSPS) is 13.2. The molecule has 12 heavy (non-hydrogen) atoms. The van der Waals surface area contributed by atoms with Gasteiger partial charge in [-0.05, 0) is 31.7 Å². The van der Waals surface area contributed by atoms with Gasteiger partial charge in [0.1, 0.15) is 6.23 Å². The lowest BCUT2D eigenvalue weighted by atomic mass is 10.1. The highest BCUT2D eigenvalue weighted by Gasteiger charge is 2.10. The minimum atomic E-state index is -0.310. The monoisotopic (exact) mass is 171 g/mol. The molecule has 0 aromatic heterocycles. The van der Waals surface area contributed by atoms with Gasteiger partial charge in [0.15, 0.2) is 0 Å². The summed E-state index contributed by atoms with van der Waals surface area (Å²) in [5, 5.41) is 3.56. The molecule has 0 spiro atoms. The van der Waals surface area contributed by atoms with E-state index in [2.05, 4.69) is 23.9 Å². The molecule has 0 fully saturated rings. The lowest BCUT2D eigenvalue weighted by molar-refractivity contribution is 0.00110. The van der Waals surface area contributed by atoms with Crippen LogP contribution in [0.25, 0.3) is 10.4 Å². The van der Waals surface area contributed by atoms with E-state index in [4.69, 9.17) is 10.3 Å². The summed E-state index contributed by atoms with van der Waals surface area (Å²) in [5.41, 5.74) is 8.24. The van der Waals surface area contributed by atoms with E-state index in [0.29, 0.717) is 5.92 Å². The Morgan fingerprint density at radius 1 is 1.33 bits per heavy atom. The van der Waals surface area contributed by atoms with Crippen molar-refractivity contribution in [2.24, 2.45) is 11.0 Å². The molecule has 0 bridgehead atoms. The quantitative estimate of drug-likeness (QED) is 0.356. The Labute approximate surface area is 73.5 Å². The highest BCUT2D eigenvalue weighted by atomic mass is 16.5. The molecule has 1 atom stereocenters. The van der Waals surface area contributed by atoms with Crippen molar-refractivity contribution in [1.82, 2.24) is 0 Å². The van der Waals surface area contributed by atoms with Crippen LogP contribution in [0.15, 0.2) is 5.11 Å². The first-order chi connectivity index (χ1) is 5.56. The zero-order valence-corrected chi connectivity index (χ0v) is 8.19. The molecule has 70 valence electrons. The first-order valence-corrected chi connectivity index (χ1v) is 4.26. The maximum Gasteiger partial charge on any atom is 0.137 e. The fraction of sp³-hybridized carbons (Fsp3) is 1.00.